The molecule has 0 fully saturated rings. The molecule has 0 atom stereocenters. The lowest BCUT2D eigenvalue weighted by atomic mass is 9.91. The van der Waals surface area contributed by atoms with Crippen LogP contribution in [0, 0.1) is 0 Å². The van der Waals surface area contributed by atoms with E-state index in [1.165, 1.54) is 45.0 Å². The maximum Gasteiger partial charge on any atom is 0.674 e. The fraction of sp³-hybridized carbons (Fsp3) is 0.455. The van der Waals surface area contributed by atoms with Gasteiger partial charge in [0.1, 0.15) is 0 Å². The number of hydrogen-bond acceptors (Lipinski definition) is 8. The summed E-state index contributed by atoms with van der Waals surface area (Å²) in [5.74, 6) is 0.494. The third kappa shape index (κ3) is 13.6. The van der Waals surface area contributed by atoms with Gasteiger partial charge in [0.25, 0.3) is 0 Å². The van der Waals surface area contributed by atoms with E-state index >= 15 is 0 Å². The van der Waals surface area contributed by atoms with Gasteiger partial charge in [-0.25, -0.2) is 0 Å². The second-order valence-electron chi connectivity index (χ2n) is 12.9. The van der Waals surface area contributed by atoms with Crippen molar-refractivity contribution in [2.45, 2.75) is 67.2 Å². The maximum absolute atomic E-state index is 10.1. The Labute approximate surface area is 326 Å². The van der Waals surface area contributed by atoms with Gasteiger partial charge in [0.2, 0.25) is 0 Å². The second kappa shape index (κ2) is 25.1. The van der Waals surface area contributed by atoms with Gasteiger partial charge in [-0.3, -0.25) is 4.32 Å². The Bertz CT molecular complexity index is 1300. The molecule has 0 saturated carbocycles. The van der Waals surface area contributed by atoms with E-state index < -0.39 is 7.40 Å². The van der Waals surface area contributed by atoms with Gasteiger partial charge in [-0.1, -0.05) is 48.5 Å². The predicted molar refractivity (Wildman–Crippen MR) is 233 cm³/mol. The molecule has 4 aromatic carbocycles. The smallest absolute Gasteiger partial charge is 0.398 e. The molecule has 0 saturated heterocycles. The van der Waals surface area contributed by atoms with E-state index in [2.05, 4.69) is 172 Å². The number of anilines is 4. The van der Waals surface area contributed by atoms with Gasteiger partial charge in [-0.2, -0.15) is 0 Å². The lowest BCUT2D eigenvalue weighted by molar-refractivity contribution is 0.340. The van der Waals surface area contributed by atoms with E-state index in [0.29, 0.717) is 13.1 Å². The Kier molecular flexibility index (Phi) is 21.4. The van der Waals surface area contributed by atoms with Crippen molar-refractivity contribution in [2.75, 3.05) is 85.0 Å². The van der Waals surface area contributed by atoms with Gasteiger partial charge < -0.3 is 41.1 Å². The van der Waals surface area contributed by atoms with Gasteiger partial charge in [0.15, 0.2) is 0 Å². The average Bonchev–Trinajstić information content (AvgIpc) is 3.19. The first-order valence-electron chi connectivity index (χ1n) is 19.9. The second-order valence-corrected chi connectivity index (χ2v) is 12.9. The zero-order valence-electron chi connectivity index (χ0n) is 34.3. The van der Waals surface area contributed by atoms with Crippen LogP contribution in [-0.4, -0.2) is 82.9 Å². The van der Waals surface area contributed by atoms with E-state index in [1.807, 2.05) is 0 Å². The molecule has 4 rings (SSSR count). The predicted octanol–water partition coefficient (Wildman–Crippen LogP) is 7.86. The minimum Gasteiger partial charge on any atom is -0.398 e. The fourth-order valence-electron chi connectivity index (χ4n) is 6.95. The summed E-state index contributed by atoms with van der Waals surface area (Å²) in [6.07, 6.45) is 0. The quantitative estimate of drug-likeness (QED) is 0.0765. The van der Waals surface area contributed by atoms with Crippen molar-refractivity contribution in [1.82, 2.24) is 0 Å². The van der Waals surface area contributed by atoms with E-state index in [-0.39, 0.29) is 11.8 Å². The highest BCUT2D eigenvalue weighted by atomic mass is 19.1. The number of benzene rings is 4. The van der Waals surface area contributed by atoms with Crippen LogP contribution in [0.2, 0.25) is 0 Å². The van der Waals surface area contributed by atoms with Crippen molar-refractivity contribution in [3.05, 3.63) is 119 Å². The zero-order valence-corrected chi connectivity index (χ0v) is 34.3. The summed E-state index contributed by atoms with van der Waals surface area (Å²) in [4.78, 5) is 9.44. The summed E-state index contributed by atoms with van der Waals surface area (Å²) in [6.45, 7) is 27.0. The third-order valence-corrected chi connectivity index (χ3v) is 10.2. The molecule has 0 aromatic heterocycles. The molecule has 4 aromatic rings. The maximum atomic E-state index is 10.1. The highest BCUT2D eigenvalue weighted by Gasteiger charge is 2.15. The van der Waals surface area contributed by atoms with Crippen LogP contribution in [0.15, 0.2) is 97.1 Å². The zero-order chi connectivity index (χ0) is 40.0. The molecule has 0 unspecified atom stereocenters. The summed E-state index contributed by atoms with van der Waals surface area (Å²) in [5, 5.41) is 13.9. The molecule has 0 aliphatic heterocycles. The highest BCUT2D eigenvalue weighted by Crippen LogP contribution is 2.29. The number of nitrogens with zero attached hydrogens (tertiary/aromatic N) is 4. The molecule has 6 N–H and O–H groups in total. The molecule has 0 aliphatic rings. The van der Waals surface area contributed by atoms with E-state index in [9.17, 15) is 4.32 Å². The molecule has 10 heteroatoms. The summed E-state index contributed by atoms with van der Waals surface area (Å²) in [5.41, 5.74) is 22.5. The Balaban J connectivity index is 0.000000340. The number of halogens is 1. The monoisotopic (exact) mass is 743 g/mol. The Morgan fingerprint density at radius 1 is 0.407 bits per heavy atom. The number of nitrogens with two attached hydrogens (primary N) is 2. The molecule has 0 aliphatic carbocycles. The molecule has 0 spiro atoms. The molecular formula is C44H68BFN6O2. The Morgan fingerprint density at radius 3 is 0.667 bits per heavy atom. The van der Waals surface area contributed by atoms with Crippen molar-refractivity contribution in [3.8, 4) is 0 Å². The average molecular weight is 743 g/mol. The van der Waals surface area contributed by atoms with Crippen LogP contribution in [-0.2, 0) is 0 Å². The number of hydrogen-bond donors (Lipinski definition) is 4. The van der Waals surface area contributed by atoms with E-state index in [4.69, 9.17) is 21.5 Å². The highest BCUT2D eigenvalue weighted by molar-refractivity contribution is 6.31. The van der Waals surface area contributed by atoms with Crippen molar-refractivity contribution in [1.29, 1.82) is 0 Å². The molecular weight excluding hydrogens is 674 g/mol. The molecule has 0 heterocycles. The molecule has 0 bridgehead atoms. The minimum absolute atomic E-state index is 0.247. The first-order chi connectivity index (χ1) is 26.1. The molecule has 0 radical (unpaired) electrons. The van der Waals surface area contributed by atoms with E-state index in [0.717, 1.165) is 52.4 Å². The van der Waals surface area contributed by atoms with Crippen LogP contribution in [0.25, 0.3) is 0 Å². The summed E-state index contributed by atoms with van der Waals surface area (Å²) in [7, 11) is -2.67. The fourth-order valence-corrected chi connectivity index (χ4v) is 6.95. The van der Waals surface area contributed by atoms with Gasteiger partial charge in [-0.05, 0) is 126 Å². The molecule has 0 amide bonds. The first-order valence-corrected chi connectivity index (χ1v) is 19.9. The molecule has 8 nitrogen and oxygen atoms in total. The Hall–Kier alpha value is -4.09. The van der Waals surface area contributed by atoms with Crippen LogP contribution in [0.5, 0.6) is 0 Å². The number of rotatable bonds is 18. The largest absolute Gasteiger partial charge is 0.674 e. The van der Waals surface area contributed by atoms with Crippen molar-refractivity contribution >= 4 is 30.1 Å². The van der Waals surface area contributed by atoms with Crippen LogP contribution in [0.4, 0.5) is 27.1 Å². The third-order valence-electron chi connectivity index (χ3n) is 10.2. The lowest BCUT2D eigenvalue weighted by Crippen LogP contribution is -2.22. The topological polar surface area (TPSA) is 105 Å². The molecule has 296 valence electrons. The van der Waals surface area contributed by atoms with Crippen molar-refractivity contribution < 1.29 is 14.4 Å². The molecule has 54 heavy (non-hydrogen) atoms. The lowest BCUT2D eigenvalue weighted by Gasteiger charge is -2.24. The first kappa shape index (κ1) is 46.1. The van der Waals surface area contributed by atoms with Crippen LogP contribution in [0.3, 0.4) is 0 Å². The van der Waals surface area contributed by atoms with E-state index in [1.54, 1.807) is 0 Å². The standard InChI is InChI=1S/2C22H33N3.BFH2O2/c2*1-5-24(6-2)20-13-9-18(10-14-20)22(17-23)19-11-15-21(16-12-19)25(7-3)8-4;2-1(3)4/h2*9-16,22H,5-8,17,23H2,1-4H3;3-4H. The summed E-state index contributed by atoms with van der Waals surface area (Å²) < 4.78 is 10.1. The normalized spacial score (nSPS) is 10.6. The van der Waals surface area contributed by atoms with Crippen molar-refractivity contribution in [3.63, 3.8) is 0 Å². The van der Waals surface area contributed by atoms with Gasteiger partial charge >= 0.3 is 7.40 Å². The van der Waals surface area contributed by atoms with Gasteiger partial charge in [0, 0.05) is 100 Å². The van der Waals surface area contributed by atoms with Crippen LogP contribution >= 0.6 is 0 Å². The SMILES string of the molecule is CCN(CC)c1ccc(C(CN)c2ccc(N(CC)CC)cc2)cc1.CCN(CC)c1ccc(C(CN)c2ccc(N(CC)CC)cc2)cc1.OB(O)F. The van der Waals surface area contributed by atoms with Crippen LogP contribution in [0.1, 0.15) is 89.5 Å². The van der Waals surface area contributed by atoms with Gasteiger partial charge in [-0.15, -0.1) is 0 Å². The van der Waals surface area contributed by atoms with Gasteiger partial charge in [0.05, 0.1) is 0 Å². The Morgan fingerprint density at radius 2 is 0.556 bits per heavy atom. The summed E-state index contributed by atoms with van der Waals surface area (Å²) in [6, 6.07) is 35.5. The van der Waals surface area contributed by atoms with Crippen LogP contribution < -0.4 is 31.1 Å². The minimum atomic E-state index is -2.67. The summed E-state index contributed by atoms with van der Waals surface area (Å²) >= 11 is 0. The van der Waals surface area contributed by atoms with Crippen molar-refractivity contribution in [2.24, 2.45) is 11.5 Å².